The third-order valence-corrected chi connectivity index (χ3v) is 1.28. The van der Waals surface area contributed by atoms with Gasteiger partial charge in [0.05, 0.1) is 19.0 Å². The van der Waals surface area contributed by atoms with Crippen LogP contribution in [0.5, 0.6) is 11.6 Å². The molecule has 0 saturated carbocycles. The zero-order valence-corrected chi connectivity index (χ0v) is 6.65. The van der Waals surface area contributed by atoms with E-state index in [0.717, 1.165) is 0 Å². The molecule has 1 heterocycles. The van der Waals surface area contributed by atoms with Crippen molar-refractivity contribution in [2.45, 2.75) is 0 Å². The van der Waals surface area contributed by atoms with Crippen molar-refractivity contribution in [3.05, 3.63) is 12.3 Å². The van der Waals surface area contributed by atoms with Crippen molar-refractivity contribution in [3.63, 3.8) is 0 Å². The minimum atomic E-state index is -0.395. The molecule has 0 aliphatic rings. The van der Waals surface area contributed by atoms with Crippen LogP contribution in [-0.4, -0.2) is 24.8 Å². The molecule has 0 aromatic carbocycles. The van der Waals surface area contributed by atoms with Crippen LogP contribution in [0.3, 0.4) is 0 Å². The Morgan fingerprint density at radius 3 is 2.92 bits per heavy atom. The predicted molar refractivity (Wildman–Crippen MR) is 45.2 cm³/mol. The van der Waals surface area contributed by atoms with Crippen LogP contribution in [0.4, 0.5) is 5.69 Å². The van der Waals surface area contributed by atoms with Crippen LogP contribution in [0, 0.1) is 0 Å². The van der Waals surface area contributed by atoms with E-state index in [9.17, 15) is 0 Å². The Morgan fingerprint density at radius 1 is 1.67 bits per heavy atom. The lowest BCUT2D eigenvalue weighted by atomic mass is 10.3. The third-order valence-electron chi connectivity index (χ3n) is 1.28. The second kappa shape index (κ2) is 3.82. The zero-order valence-electron chi connectivity index (χ0n) is 6.65. The molecule has 1 aromatic heterocycles. The van der Waals surface area contributed by atoms with Gasteiger partial charge >= 0.3 is 7.69 Å². The van der Waals surface area contributed by atoms with Gasteiger partial charge in [-0.25, -0.2) is 4.98 Å². The Labute approximate surface area is 70.4 Å². The Bertz CT molecular complexity index is 269. The van der Waals surface area contributed by atoms with E-state index < -0.39 is 7.69 Å². The fraction of sp³-hybridized carbons (Fsp3) is 0.167. The lowest BCUT2D eigenvalue weighted by Crippen LogP contribution is -2.02. The minimum absolute atomic E-state index is 0.347. The summed E-state index contributed by atoms with van der Waals surface area (Å²) in [5.41, 5.74) is 5.89. The molecule has 5 nitrogen and oxygen atoms in total. The molecule has 3 N–H and O–H groups in total. The summed E-state index contributed by atoms with van der Waals surface area (Å²) in [5.74, 6) is 0.760. The van der Waals surface area contributed by atoms with Crippen LogP contribution >= 0.6 is 0 Å². The molecule has 0 amide bonds. The predicted octanol–water partition coefficient (Wildman–Crippen LogP) is -0.690. The quantitative estimate of drug-likeness (QED) is 0.584. The van der Waals surface area contributed by atoms with Gasteiger partial charge in [-0.1, -0.05) is 0 Å². The Hall–Kier alpha value is -1.43. The van der Waals surface area contributed by atoms with Gasteiger partial charge in [0.15, 0.2) is 0 Å². The summed E-state index contributed by atoms with van der Waals surface area (Å²) in [6.07, 6.45) is 1.42. The first-order valence-electron chi connectivity index (χ1n) is 3.31. The molecule has 0 radical (unpaired) electrons. The smallest absolute Gasteiger partial charge is 0.504 e. The van der Waals surface area contributed by atoms with Crippen LogP contribution in [0.25, 0.3) is 0 Å². The molecule has 1 rings (SSSR count). The molecule has 0 atom stereocenters. The average molecular weight is 168 g/mol. The highest BCUT2D eigenvalue weighted by Gasteiger charge is 2.02. The SMILES string of the molecule is COc1ncc(OBO)cc1N. The molecular weight excluding hydrogens is 159 g/mol. The number of nitrogens with zero attached hydrogens (tertiary/aromatic N) is 1. The van der Waals surface area contributed by atoms with Gasteiger partial charge in [0, 0.05) is 6.07 Å². The van der Waals surface area contributed by atoms with E-state index in [1.165, 1.54) is 19.4 Å². The number of anilines is 1. The van der Waals surface area contributed by atoms with Crippen molar-refractivity contribution < 1.29 is 14.4 Å². The molecular formula is C6H9BN2O3. The molecule has 0 spiro atoms. The highest BCUT2D eigenvalue weighted by atomic mass is 16.5. The summed E-state index contributed by atoms with van der Waals surface area (Å²) in [6, 6.07) is 1.53. The number of nitrogens with two attached hydrogens (primary N) is 1. The van der Waals surface area contributed by atoms with E-state index in [2.05, 4.69) is 4.98 Å². The second-order valence-corrected chi connectivity index (χ2v) is 2.04. The maximum absolute atomic E-state index is 8.42. The maximum atomic E-state index is 8.42. The van der Waals surface area contributed by atoms with Crippen LogP contribution in [0.2, 0.25) is 0 Å². The van der Waals surface area contributed by atoms with Crippen LogP contribution in [0.15, 0.2) is 12.3 Å². The fourth-order valence-electron chi connectivity index (χ4n) is 0.773. The molecule has 0 aliphatic heterocycles. The van der Waals surface area contributed by atoms with E-state index in [4.69, 9.17) is 20.1 Å². The lowest BCUT2D eigenvalue weighted by molar-refractivity contribution is 0.397. The van der Waals surface area contributed by atoms with Gasteiger partial charge < -0.3 is 20.1 Å². The molecule has 0 fully saturated rings. The van der Waals surface area contributed by atoms with E-state index in [1.807, 2.05) is 0 Å². The van der Waals surface area contributed by atoms with Crippen molar-refractivity contribution in [1.29, 1.82) is 0 Å². The first kappa shape index (κ1) is 8.67. The van der Waals surface area contributed by atoms with Crippen LogP contribution in [-0.2, 0) is 0 Å². The van der Waals surface area contributed by atoms with Crippen molar-refractivity contribution in [3.8, 4) is 11.6 Å². The van der Waals surface area contributed by atoms with Crippen molar-refractivity contribution in [2.75, 3.05) is 12.8 Å². The van der Waals surface area contributed by atoms with Gasteiger partial charge in [0.1, 0.15) is 5.75 Å². The Balaban J connectivity index is 2.86. The number of nitrogen functional groups attached to an aromatic ring is 1. The number of methoxy groups -OCH3 is 1. The molecule has 0 aliphatic carbocycles. The van der Waals surface area contributed by atoms with Gasteiger partial charge in [-0.15, -0.1) is 0 Å². The molecule has 0 unspecified atom stereocenters. The summed E-state index contributed by atoms with van der Waals surface area (Å²) in [5, 5.41) is 8.42. The standard InChI is InChI=1S/C6H9BN2O3/c1-11-6-5(8)2-4(3-9-6)12-7-10/h2-3,7,10H,8H2,1H3. The first-order valence-corrected chi connectivity index (χ1v) is 3.31. The van der Waals surface area contributed by atoms with E-state index >= 15 is 0 Å². The molecule has 6 heteroatoms. The number of hydrogen-bond acceptors (Lipinski definition) is 5. The zero-order chi connectivity index (χ0) is 8.97. The molecule has 12 heavy (non-hydrogen) atoms. The van der Waals surface area contributed by atoms with Gasteiger partial charge in [-0.05, 0) is 0 Å². The summed E-state index contributed by atoms with van der Waals surface area (Å²) < 4.78 is 9.57. The largest absolute Gasteiger partial charge is 0.538 e. The van der Waals surface area contributed by atoms with Gasteiger partial charge in [-0.2, -0.15) is 0 Å². The molecule has 1 aromatic rings. The van der Waals surface area contributed by atoms with E-state index in [1.54, 1.807) is 0 Å². The topological polar surface area (TPSA) is 77.6 Å². The highest BCUT2D eigenvalue weighted by molar-refractivity contribution is 6.17. The summed E-state index contributed by atoms with van der Waals surface area (Å²) >= 11 is 0. The summed E-state index contributed by atoms with van der Waals surface area (Å²) in [6.45, 7) is 0. The fourth-order valence-corrected chi connectivity index (χ4v) is 0.773. The number of aromatic nitrogens is 1. The number of hydrogen-bond donors (Lipinski definition) is 2. The monoisotopic (exact) mass is 168 g/mol. The molecule has 64 valence electrons. The van der Waals surface area contributed by atoms with Gasteiger partial charge in [0.25, 0.3) is 0 Å². The maximum Gasteiger partial charge on any atom is 0.504 e. The molecule has 0 saturated heterocycles. The Morgan fingerprint density at radius 2 is 2.42 bits per heavy atom. The van der Waals surface area contributed by atoms with Crippen molar-refractivity contribution >= 4 is 13.4 Å². The first-order chi connectivity index (χ1) is 5.77. The lowest BCUT2D eigenvalue weighted by Gasteiger charge is -2.05. The molecule has 0 bridgehead atoms. The van der Waals surface area contributed by atoms with Gasteiger partial charge in [-0.3, -0.25) is 0 Å². The number of ether oxygens (including phenoxy) is 1. The second-order valence-electron chi connectivity index (χ2n) is 2.04. The van der Waals surface area contributed by atoms with E-state index in [-0.39, 0.29) is 0 Å². The summed E-state index contributed by atoms with van der Waals surface area (Å²) in [4.78, 5) is 3.83. The third kappa shape index (κ3) is 1.79. The minimum Gasteiger partial charge on any atom is -0.538 e. The highest BCUT2D eigenvalue weighted by Crippen LogP contribution is 2.21. The van der Waals surface area contributed by atoms with Crippen LogP contribution < -0.4 is 15.1 Å². The van der Waals surface area contributed by atoms with E-state index in [0.29, 0.717) is 17.3 Å². The normalized spacial score (nSPS) is 9.17. The average Bonchev–Trinajstić information content (AvgIpc) is 2.05. The van der Waals surface area contributed by atoms with Gasteiger partial charge in [0.2, 0.25) is 5.88 Å². The number of pyridine rings is 1. The van der Waals surface area contributed by atoms with Crippen molar-refractivity contribution in [2.24, 2.45) is 0 Å². The van der Waals surface area contributed by atoms with Crippen LogP contribution in [0.1, 0.15) is 0 Å². The summed E-state index contributed by atoms with van der Waals surface area (Å²) in [7, 11) is 1.08. The Kier molecular flexibility index (Phi) is 2.76. The van der Waals surface area contributed by atoms with Crippen molar-refractivity contribution in [1.82, 2.24) is 4.98 Å². The number of rotatable bonds is 3.